The van der Waals surface area contributed by atoms with Gasteiger partial charge in [0.2, 0.25) is 6.86 Å². The van der Waals surface area contributed by atoms with Gasteiger partial charge < -0.3 is 23.8 Å². The normalized spacial score (nSPS) is 12.8. The highest BCUT2D eigenvalue weighted by molar-refractivity contribution is 5.47. The minimum atomic E-state index is -0.887. The standard InChI is InChI=1S/C27H37FN2O4/c1-20(2)27(18-29,22-9-11-23(31-4)26(17-22)33-6)13-7-14-30(3)15-12-21-8-10-24(34-19-28)25(16-21)32-5/h8-11,16-17,20H,7,12-15,19H2,1-6H3/t27-/m0/s1. The molecule has 186 valence electrons. The average molecular weight is 473 g/mol. The lowest BCUT2D eigenvalue weighted by molar-refractivity contribution is 0.184. The van der Waals surface area contributed by atoms with Crippen LogP contribution in [0.25, 0.3) is 0 Å². The summed E-state index contributed by atoms with van der Waals surface area (Å²) in [6, 6.07) is 13.9. The SMILES string of the molecule is COc1ccc([C@](C#N)(CCCN(C)CCc2ccc(OCF)c(OC)c2)C(C)C)cc1OC. The average Bonchev–Trinajstić information content (AvgIpc) is 2.85. The Hall–Kier alpha value is -2.98. The summed E-state index contributed by atoms with van der Waals surface area (Å²) in [6.45, 7) is 5.01. The van der Waals surface area contributed by atoms with Gasteiger partial charge in [0.05, 0.1) is 32.8 Å². The molecule has 0 aliphatic carbocycles. The zero-order valence-electron chi connectivity index (χ0n) is 21.2. The minimum Gasteiger partial charge on any atom is -0.493 e. The number of ether oxygens (including phenoxy) is 4. The Balaban J connectivity index is 2.01. The predicted molar refractivity (Wildman–Crippen MR) is 132 cm³/mol. The van der Waals surface area contributed by atoms with Crippen molar-refractivity contribution in [3.05, 3.63) is 47.5 Å². The van der Waals surface area contributed by atoms with E-state index >= 15 is 0 Å². The Morgan fingerprint density at radius 1 is 0.941 bits per heavy atom. The second-order valence-corrected chi connectivity index (χ2v) is 8.70. The summed E-state index contributed by atoms with van der Waals surface area (Å²) >= 11 is 0. The molecule has 7 heteroatoms. The highest BCUT2D eigenvalue weighted by Crippen LogP contribution is 2.40. The van der Waals surface area contributed by atoms with E-state index < -0.39 is 12.3 Å². The molecule has 0 fully saturated rings. The van der Waals surface area contributed by atoms with E-state index in [1.807, 2.05) is 30.3 Å². The van der Waals surface area contributed by atoms with Crippen LogP contribution in [0.3, 0.4) is 0 Å². The first-order valence-corrected chi connectivity index (χ1v) is 11.5. The Labute approximate surface area is 203 Å². The van der Waals surface area contributed by atoms with E-state index in [0.29, 0.717) is 23.0 Å². The molecule has 0 aliphatic rings. The van der Waals surface area contributed by atoms with E-state index in [2.05, 4.69) is 31.9 Å². The van der Waals surface area contributed by atoms with Crippen LogP contribution in [-0.2, 0) is 11.8 Å². The highest BCUT2D eigenvalue weighted by atomic mass is 19.1. The third kappa shape index (κ3) is 6.54. The maximum Gasteiger partial charge on any atom is 0.228 e. The molecule has 0 aromatic heterocycles. The molecule has 0 spiro atoms. The molecule has 2 rings (SSSR count). The quantitative estimate of drug-likeness (QED) is 0.367. The molecular weight excluding hydrogens is 435 g/mol. The van der Waals surface area contributed by atoms with Crippen LogP contribution in [0.4, 0.5) is 4.39 Å². The number of halogens is 1. The molecule has 0 aliphatic heterocycles. The Bertz CT molecular complexity index is 960. The number of hydrogen-bond donors (Lipinski definition) is 0. The van der Waals surface area contributed by atoms with Crippen LogP contribution in [0.15, 0.2) is 36.4 Å². The van der Waals surface area contributed by atoms with Gasteiger partial charge in [0.1, 0.15) is 0 Å². The number of benzene rings is 2. The van der Waals surface area contributed by atoms with Gasteiger partial charge in [-0.3, -0.25) is 0 Å². The van der Waals surface area contributed by atoms with Crippen molar-refractivity contribution in [2.24, 2.45) is 5.92 Å². The zero-order chi connectivity index (χ0) is 25.1. The van der Waals surface area contributed by atoms with Crippen LogP contribution in [0.5, 0.6) is 23.0 Å². The van der Waals surface area contributed by atoms with E-state index in [4.69, 9.17) is 18.9 Å². The molecule has 34 heavy (non-hydrogen) atoms. The third-order valence-corrected chi connectivity index (χ3v) is 6.42. The summed E-state index contributed by atoms with van der Waals surface area (Å²) < 4.78 is 33.6. The van der Waals surface area contributed by atoms with Crippen LogP contribution in [0.2, 0.25) is 0 Å². The maximum atomic E-state index is 12.5. The fourth-order valence-corrected chi connectivity index (χ4v) is 4.23. The molecule has 0 N–H and O–H groups in total. The molecule has 0 amide bonds. The largest absolute Gasteiger partial charge is 0.493 e. The Morgan fingerprint density at radius 2 is 1.59 bits per heavy atom. The lowest BCUT2D eigenvalue weighted by atomic mass is 9.69. The van der Waals surface area contributed by atoms with Gasteiger partial charge in [-0.15, -0.1) is 0 Å². The lowest BCUT2D eigenvalue weighted by Gasteiger charge is -2.32. The van der Waals surface area contributed by atoms with Gasteiger partial charge in [-0.1, -0.05) is 26.0 Å². The summed E-state index contributed by atoms with van der Waals surface area (Å²) in [7, 11) is 6.84. The van der Waals surface area contributed by atoms with Crippen molar-refractivity contribution < 1.29 is 23.3 Å². The first-order chi connectivity index (χ1) is 16.3. The predicted octanol–water partition coefficient (Wildman–Crippen LogP) is 5.39. The number of nitrogens with zero attached hydrogens (tertiary/aromatic N) is 2. The summed E-state index contributed by atoms with van der Waals surface area (Å²) in [5, 5.41) is 10.2. The van der Waals surface area contributed by atoms with Gasteiger partial charge in [-0.05, 0) is 74.2 Å². The van der Waals surface area contributed by atoms with Crippen LogP contribution in [-0.4, -0.2) is 53.2 Å². The number of methoxy groups -OCH3 is 3. The van der Waals surface area contributed by atoms with Crippen molar-refractivity contribution in [3.63, 3.8) is 0 Å². The fraction of sp³-hybridized carbons (Fsp3) is 0.519. The van der Waals surface area contributed by atoms with Crippen LogP contribution >= 0.6 is 0 Å². The van der Waals surface area contributed by atoms with E-state index in [9.17, 15) is 9.65 Å². The lowest BCUT2D eigenvalue weighted by Crippen LogP contribution is -2.32. The molecule has 2 aromatic rings. The van der Waals surface area contributed by atoms with Gasteiger partial charge in [0.15, 0.2) is 23.0 Å². The molecule has 0 saturated heterocycles. The van der Waals surface area contributed by atoms with E-state index in [1.54, 1.807) is 27.4 Å². The minimum absolute atomic E-state index is 0.137. The monoisotopic (exact) mass is 472 g/mol. The van der Waals surface area contributed by atoms with Crippen molar-refractivity contribution in [2.75, 3.05) is 48.3 Å². The number of likely N-dealkylation sites (N-methyl/N-ethyl adjacent to an activating group) is 1. The first-order valence-electron chi connectivity index (χ1n) is 11.5. The fourth-order valence-electron chi connectivity index (χ4n) is 4.23. The van der Waals surface area contributed by atoms with Gasteiger partial charge in [0, 0.05) is 6.54 Å². The zero-order valence-corrected chi connectivity index (χ0v) is 21.2. The first kappa shape index (κ1) is 27.3. The van der Waals surface area contributed by atoms with E-state index in [1.165, 1.54) is 0 Å². The van der Waals surface area contributed by atoms with Gasteiger partial charge in [-0.2, -0.15) is 5.26 Å². The topological polar surface area (TPSA) is 64.0 Å². The van der Waals surface area contributed by atoms with Crippen molar-refractivity contribution >= 4 is 0 Å². The van der Waals surface area contributed by atoms with Crippen LogP contribution in [0, 0.1) is 17.2 Å². The third-order valence-electron chi connectivity index (χ3n) is 6.42. The smallest absolute Gasteiger partial charge is 0.228 e. The summed E-state index contributed by atoms with van der Waals surface area (Å²) in [6.07, 6.45) is 2.44. The summed E-state index contributed by atoms with van der Waals surface area (Å²) in [4.78, 5) is 2.26. The summed E-state index contributed by atoms with van der Waals surface area (Å²) in [5.41, 5.74) is 1.43. The van der Waals surface area contributed by atoms with Crippen molar-refractivity contribution in [1.29, 1.82) is 5.26 Å². The van der Waals surface area contributed by atoms with Crippen LogP contribution < -0.4 is 18.9 Å². The highest BCUT2D eigenvalue weighted by Gasteiger charge is 2.36. The van der Waals surface area contributed by atoms with Gasteiger partial charge in [-0.25, -0.2) is 4.39 Å². The molecule has 1 atom stereocenters. The Morgan fingerprint density at radius 3 is 2.18 bits per heavy atom. The second-order valence-electron chi connectivity index (χ2n) is 8.70. The molecule has 0 saturated carbocycles. The maximum absolute atomic E-state index is 12.5. The van der Waals surface area contributed by atoms with E-state index in [0.717, 1.165) is 43.5 Å². The second kappa shape index (κ2) is 13.0. The number of rotatable bonds is 14. The number of nitriles is 1. The van der Waals surface area contributed by atoms with E-state index in [-0.39, 0.29) is 5.92 Å². The summed E-state index contributed by atoms with van der Waals surface area (Å²) in [5.74, 6) is 2.36. The van der Waals surface area contributed by atoms with Crippen molar-refractivity contribution in [3.8, 4) is 29.1 Å². The molecule has 0 unspecified atom stereocenters. The molecule has 0 heterocycles. The van der Waals surface area contributed by atoms with Gasteiger partial charge >= 0.3 is 0 Å². The molecule has 0 radical (unpaired) electrons. The molecule has 6 nitrogen and oxygen atoms in total. The molecule has 0 bridgehead atoms. The molecular formula is C27H37FN2O4. The number of hydrogen-bond acceptors (Lipinski definition) is 6. The van der Waals surface area contributed by atoms with Crippen LogP contribution in [0.1, 0.15) is 37.8 Å². The molecule has 2 aromatic carbocycles. The number of alkyl halides is 1. The Kier molecular flexibility index (Phi) is 10.5. The van der Waals surface area contributed by atoms with Crippen molar-refractivity contribution in [1.82, 2.24) is 4.90 Å². The van der Waals surface area contributed by atoms with Gasteiger partial charge in [0.25, 0.3) is 0 Å². The van der Waals surface area contributed by atoms with Crippen molar-refractivity contribution in [2.45, 2.75) is 38.5 Å².